The first-order valence-electron chi connectivity index (χ1n) is 6.76. The third-order valence-electron chi connectivity index (χ3n) is 4.03. The highest BCUT2D eigenvalue weighted by atomic mass is 16.5. The van der Waals surface area contributed by atoms with Crippen molar-refractivity contribution < 1.29 is 4.74 Å². The van der Waals surface area contributed by atoms with E-state index in [1.54, 1.807) is 0 Å². The van der Waals surface area contributed by atoms with Crippen molar-refractivity contribution in [1.29, 1.82) is 0 Å². The minimum atomic E-state index is 0.183. The molecule has 5 nitrogen and oxygen atoms in total. The lowest BCUT2D eigenvalue weighted by Crippen LogP contribution is -2.22. The van der Waals surface area contributed by atoms with E-state index in [2.05, 4.69) is 49.4 Å². The van der Waals surface area contributed by atoms with Gasteiger partial charge in [0.1, 0.15) is 11.6 Å². The molecule has 0 spiro atoms. The van der Waals surface area contributed by atoms with Gasteiger partial charge in [-0.25, -0.2) is 0 Å². The predicted molar refractivity (Wildman–Crippen MR) is 70.2 cm³/mol. The summed E-state index contributed by atoms with van der Waals surface area (Å²) in [6.07, 6.45) is 0.450. The molecule has 18 heavy (non-hydrogen) atoms. The van der Waals surface area contributed by atoms with Gasteiger partial charge >= 0.3 is 0 Å². The van der Waals surface area contributed by atoms with Crippen LogP contribution in [0.4, 0.5) is 0 Å². The van der Waals surface area contributed by atoms with Crippen LogP contribution < -0.4 is 5.73 Å². The monoisotopic (exact) mass is 252 g/mol. The number of hydrogen-bond acceptors (Lipinski definition) is 4. The Hall–Kier alpha value is -0.940. The average molecular weight is 252 g/mol. The molecule has 4 atom stereocenters. The molecule has 2 rings (SSSR count). The maximum absolute atomic E-state index is 5.91. The van der Waals surface area contributed by atoms with Crippen LogP contribution >= 0.6 is 0 Å². The highest BCUT2D eigenvalue weighted by molar-refractivity contribution is 5.10. The van der Waals surface area contributed by atoms with Gasteiger partial charge in [-0.15, -0.1) is 10.2 Å². The molecular weight excluding hydrogens is 228 g/mol. The fourth-order valence-corrected chi connectivity index (χ4v) is 2.98. The second-order valence-corrected chi connectivity index (χ2v) is 5.57. The van der Waals surface area contributed by atoms with E-state index in [1.165, 1.54) is 0 Å². The largest absolute Gasteiger partial charge is 0.374 e. The molecule has 0 radical (unpaired) electrons. The van der Waals surface area contributed by atoms with Crippen molar-refractivity contribution in [2.75, 3.05) is 0 Å². The third kappa shape index (κ3) is 2.06. The Balaban J connectivity index is 2.42. The number of hydrogen-bond donors (Lipinski definition) is 1. The molecule has 1 aromatic rings. The van der Waals surface area contributed by atoms with Crippen molar-refractivity contribution in [1.82, 2.24) is 14.8 Å². The highest BCUT2D eigenvalue weighted by Gasteiger charge is 2.41. The minimum absolute atomic E-state index is 0.183. The molecule has 0 bridgehead atoms. The Morgan fingerprint density at radius 3 is 2.33 bits per heavy atom. The summed E-state index contributed by atoms with van der Waals surface area (Å²) in [7, 11) is 0. The van der Waals surface area contributed by atoms with E-state index < -0.39 is 0 Å². The molecule has 1 fully saturated rings. The molecule has 1 aliphatic rings. The fraction of sp³-hybridized carbons (Fsp3) is 0.846. The van der Waals surface area contributed by atoms with Gasteiger partial charge in [0.25, 0.3) is 0 Å². The Morgan fingerprint density at radius 2 is 1.89 bits per heavy atom. The van der Waals surface area contributed by atoms with Crippen molar-refractivity contribution in [3.8, 4) is 0 Å². The van der Waals surface area contributed by atoms with E-state index in [1.807, 2.05) is 0 Å². The van der Waals surface area contributed by atoms with Crippen LogP contribution in [0.5, 0.6) is 0 Å². The zero-order valence-electron chi connectivity index (χ0n) is 11.9. The van der Waals surface area contributed by atoms with Gasteiger partial charge in [0.05, 0.1) is 24.7 Å². The van der Waals surface area contributed by atoms with Gasteiger partial charge in [0.15, 0.2) is 0 Å². The van der Waals surface area contributed by atoms with Crippen LogP contribution in [0, 0.1) is 5.92 Å². The van der Waals surface area contributed by atoms with Crippen molar-refractivity contribution in [3.63, 3.8) is 0 Å². The molecule has 102 valence electrons. The zero-order valence-corrected chi connectivity index (χ0v) is 11.9. The number of aromatic nitrogens is 3. The van der Waals surface area contributed by atoms with Crippen molar-refractivity contribution >= 4 is 0 Å². The average Bonchev–Trinajstić information content (AvgIpc) is 2.81. The van der Waals surface area contributed by atoms with E-state index in [0.29, 0.717) is 24.4 Å². The molecule has 1 aromatic heterocycles. The molecule has 2 N–H and O–H groups in total. The van der Waals surface area contributed by atoms with E-state index in [-0.39, 0.29) is 12.2 Å². The summed E-state index contributed by atoms with van der Waals surface area (Å²) in [6.45, 7) is 11.2. The number of nitrogens with zero attached hydrogens (tertiary/aromatic N) is 3. The van der Waals surface area contributed by atoms with E-state index >= 15 is 0 Å². The van der Waals surface area contributed by atoms with Gasteiger partial charge in [-0.1, -0.05) is 6.92 Å². The van der Waals surface area contributed by atoms with Crippen LogP contribution in [0.2, 0.25) is 0 Å². The molecule has 0 amide bonds. The summed E-state index contributed by atoms with van der Waals surface area (Å²) in [5.41, 5.74) is 5.74. The highest BCUT2D eigenvalue weighted by Crippen LogP contribution is 2.39. The maximum Gasteiger partial charge on any atom is 0.147 e. The standard InChI is InChI=1S/C13H24N4O/c1-7(2)17-11(6-14)15-16-13(17)12-8(3)9(4)18-10(12)5/h7-10,12H,6,14H2,1-5H3. The summed E-state index contributed by atoms with van der Waals surface area (Å²) >= 11 is 0. The first kappa shape index (κ1) is 13.5. The fourth-order valence-electron chi connectivity index (χ4n) is 2.98. The maximum atomic E-state index is 5.91. The number of ether oxygens (including phenoxy) is 1. The van der Waals surface area contributed by atoms with Crippen molar-refractivity contribution in [2.45, 2.75) is 65.3 Å². The van der Waals surface area contributed by atoms with Gasteiger partial charge in [0.2, 0.25) is 0 Å². The summed E-state index contributed by atoms with van der Waals surface area (Å²) in [5, 5.41) is 8.61. The molecule has 1 saturated heterocycles. The Bertz CT molecular complexity index is 415. The second kappa shape index (κ2) is 4.97. The molecular formula is C13H24N4O. The summed E-state index contributed by atoms with van der Waals surface area (Å²) in [4.78, 5) is 0. The molecule has 0 aliphatic carbocycles. The van der Waals surface area contributed by atoms with Gasteiger partial charge in [0, 0.05) is 6.04 Å². The lowest BCUT2D eigenvalue weighted by molar-refractivity contribution is 0.0551. The van der Waals surface area contributed by atoms with Crippen LogP contribution in [-0.4, -0.2) is 27.0 Å². The smallest absolute Gasteiger partial charge is 0.147 e. The molecule has 1 aliphatic heterocycles. The minimum Gasteiger partial charge on any atom is -0.374 e. The predicted octanol–water partition coefficient (Wildman–Crippen LogP) is 1.84. The first-order chi connectivity index (χ1) is 8.47. The lowest BCUT2D eigenvalue weighted by atomic mass is 9.88. The normalized spacial score (nSPS) is 32.4. The van der Waals surface area contributed by atoms with Crippen molar-refractivity contribution in [2.24, 2.45) is 11.7 Å². The van der Waals surface area contributed by atoms with Crippen LogP contribution in [0.1, 0.15) is 58.2 Å². The topological polar surface area (TPSA) is 66.0 Å². The van der Waals surface area contributed by atoms with Crippen LogP contribution in [0.3, 0.4) is 0 Å². The second-order valence-electron chi connectivity index (χ2n) is 5.57. The number of nitrogens with two attached hydrogens (primary N) is 1. The molecule has 5 heteroatoms. The van der Waals surface area contributed by atoms with Crippen molar-refractivity contribution in [3.05, 3.63) is 11.6 Å². The zero-order chi connectivity index (χ0) is 13.4. The van der Waals surface area contributed by atoms with Gasteiger partial charge in [-0.05, 0) is 33.6 Å². The van der Waals surface area contributed by atoms with Gasteiger partial charge < -0.3 is 15.0 Å². The summed E-state index contributed by atoms with van der Waals surface area (Å²) in [6, 6.07) is 0.323. The molecule has 4 unspecified atom stereocenters. The van der Waals surface area contributed by atoms with E-state index in [0.717, 1.165) is 11.6 Å². The summed E-state index contributed by atoms with van der Waals surface area (Å²) < 4.78 is 8.07. The van der Waals surface area contributed by atoms with Gasteiger partial charge in [-0.3, -0.25) is 0 Å². The first-order valence-corrected chi connectivity index (χ1v) is 6.76. The van der Waals surface area contributed by atoms with E-state index in [4.69, 9.17) is 10.5 Å². The lowest BCUT2D eigenvalue weighted by Gasteiger charge is -2.21. The third-order valence-corrected chi connectivity index (χ3v) is 4.03. The molecule has 0 aromatic carbocycles. The quantitative estimate of drug-likeness (QED) is 0.891. The Kier molecular flexibility index (Phi) is 3.73. The number of rotatable bonds is 3. The van der Waals surface area contributed by atoms with Gasteiger partial charge in [-0.2, -0.15) is 0 Å². The van der Waals surface area contributed by atoms with Crippen LogP contribution in [0.25, 0.3) is 0 Å². The SMILES string of the molecule is CC1OC(C)C(c2nnc(CN)n2C(C)C)C1C. The van der Waals surface area contributed by atoms with E-state index in [9.17, 15) is 0 Å². The Labute approximate surface area is 109 Å². The summed E-state index contributed by atoms with van der Waals surface area (Å²) in [5.74, 6) is 2.64. The Morgan fingerprint density at radius 1 is 1.22 bits per heavy atom. The van der Waals surface area contributed by atoms with Crippen LogP contribution in [0.15, 0.2) is 0 Å². The van der Waals surface area contributed by atoms with Crippen LogP contribution in [-0.2, 0) is 11.3 Å². The molecule has 0 saturated carbocycles. The molecule has 2 heterocycles.